The van der Waals surface area contributed by atoms with Gasteiger partial charge in [-0.25, -0.2) is 0 Å². The molecule has 2 N–H and O–H groups in total. The van der Waals surface area contributed by atoms with Gasteiger partial charge in [0, 0.05) is 49.5 Å². The number of likely N-dealkylation sites (N-methyl/N-ethyl adjacent to an activating group) is 1. The molecule has 6 heteroatoms. The van der Waals surface area contributed by atoms with Gasteiger partial charge in [-0.2, -0.15) is 0 Å². The van der Waals surface area contributed by atoms with Gasteiger partial charge < -0.3 is 15.0 Å². The van der Waals surface area contributed by atoms with Crippen molar-refractivity contribution in [3.05, 3.63) is 66.1 Å². The Hall–Kier alpha value is -2.70. The van der Waals surface area contributed by atoms with E-state index in [1.54, 1.807) is 12.4 Å². The van der Waals surface area contributed by atoms with E-state index in [4.69, 9.17) is 0 Å². The van der Waals surface area contributed by atoms with Crippen molar-refractivity contribution in [2.24, 2.45) is 0 Å². The molecule has 0 saturated carbocycles. The monoisotopic (exact) mass is 406 g/mol. The lowest BCUT2D eigenvalue weighted by molar-refractivity contribution is -0.00928. The fourth-order valence-electron chi connectivity index (χ4n) is 4.34. The zero-order valence-corrected chi connectivity index (χ0v) is 17.6. The Morgan fingerprint density at radius 3 is 2.77 bits per heavy atom. The molecule has 3 aromatic rings. The first-order valence-corrected chi connectivity index (χ1v) is 10.8. The van der Waals surface area contributed by atoms with E-state index in [2.05, 4.69) is 21.8 Å². The molecule has 0 bridgehead atoms. The molecule has 0 radical (unpaired) electrons. The molecule has 1 aliphatic heterocycles. The van der Waals surface area contributed by atoms with Gasteiger partial charge in [-0.3, -0.25) is 14.7 Å². The maximum atomic E-state index is 13.0. The molecular weight excluding hydrogens is 376 g/mol. The number of H-pyrrole nitrogens is 1. The predicted octanol–water partition coefficient (Wildman–Crippen LogP) is 3.44. The highest BCUT2D eigenvalue weighted by Gasteiger charge is 2.33. The molecule has 1 aromatic carbocycles. The van der Waals surface area contributed by atoms with Crippen LogP contribution in [0.4, 0.5) is 0 Å². The Kier molecular flexibility index (Phi) is 6.16. The number of hydrogen-bond acceptors (Lipinski definition) is 4. The molecule has 1 saturated heterocycles. The molecule has 0 aliphatic carbocycles. The second-order valence-electron chi connectivity index (χ2n) is 8.30. The molecule has 1 aliphatic rings. The lowest BCUT2D eigenvalue weighted by atomic mass is 9.94. The summed E-state index contributed by atoms with van der Waals surface area (Å²) in [6.45, 7) is 5.62. The second-order valence-corrected chi connectivity index (χ2v) is 8.30. The lowest BCUT2D eigenvalue weighted by Gasteiger charge is -2.33. The summed E-state index contributed by atoms with van der Waals surface area (Å²) in [5.41, 5.74) is 2.01. The zero-order chi connectivity index (χ0) is 21.0. The number of hydrogen-bond donors (Lipinski definition) is 2. The van der Waals surface area contributed by atoms with Crippen LogP contribution in [0.1, 0.15) is 42.2 Å². The maximum absolute atomic E-state index is 13.0. The van der Waals surface area contributed by atoms with Gasteiger partial charge in [0.25, 0.3) is 5.91 Å². The number of para-hydroxylation sites is 1. The third kappa shape index (κ3) is 4.71. The molecule has 1 fully saturated rings. The second kappa shape index (κ2) is 8.98. The van der Waals surface area contributed by atoms with E-state index in [0.29, 0.717) is 38.2 Å². The van der Waals surface area contributed by atoms with Gasteiger partial charge in [-0.15, -0.1) is 0 Å². The number of aromatic nitrogens is 2. The van der Waals surface area contributed by atoms with Gasteiger partial charge in [0.15, 0.2) is 0 Å². The van der Waals surface area contributed by atoms with Crippen LogP contribution in [0.2, 0.25) is 0 Å². The van der Waals surface area contributed by atoms with Crippen LogP contribution in [0.15, 0.2) is 54.9 Å². The molecule has 3 heterocycles. The van der Waals surface area contributed by atoms with Gasteiger partial charge in [0.2, 0.25) is 0 Å². The van der Waals surface area contributed by atoms with Crippen molar-refractivity contribution < 1.29 is 9.90 Å². The Bertz CT molecular complexity index is 954. The van der Waals surface area contributed by atoms with E-state index in [1.165, 1.54) is 5.56 Å². The van der Waals surface area contributed by atoms with Gasteiger partial charge in [-0.1, -0.05) is 25.1 Å². The average Bonchev–Trinajstić information content (AvgIpc) is 3.11. The number of fused-ring (bicyclic) bond motifs is 1. The summed E-state index contributed by atoms with van der Waals surface area (Å²) in [4.78, 5) is 24.5. The first-order chi connectivity index (χ1) is 14.6. The number of benzene rings is 1. The molecule has 30 heavy (non-hydrogen) atoms. The summed E-state index contributed by atoms with van der Waals surface area (Å²) in [5, 5.41) is 12.4. The Balaban J connectivity index is 1.40. The fraction of sp³-hybridized carbons (Fsp3) is 0.417. The topological polar surface area (TPSA) is 72.5 Å². The van der Waals surface area contributed by atoms with Crippen LogP contribution in [-0.2, 0) is 6.54 Å². The maximum Gasteiger partial charge on any atom is 0.270 e. The van der Waals surface area contributed by atoms with Crippen LogP contribution < -0.4 is 0 Å². The van der Waals surface area contributed by atoms with Crippen molar-refractivity contribution in [3.63, 3.8) is 0 Å². The number of pyridine rings is 1. The number of aliphatic hydroxyl groups is 1. The van der Waals surface area contributed by atoms with Crippen LogP contribution in [0.3, 0.4) is 0 Å². The third-order valence-corrected chi connectivity index (χ3v) is 6.09. The van der Waals surface area contributed by atoms with Crippen LogP contribution >= 0.6 is 0 Å². The van der Waals surface area contributed by atoms with Gasteiger partial charge in [-0.05, 0) is 55.6 Å². The van der Waals surface area contributed by atoms with Crippen LogP contribution in [-0.4, -0.2) is 62.6 Å². The minimum atomic E-state index is -0.779. The summed E-state index contributed by atoms with van der Waals surface area (Å²) in [5.74, 6) is 0.0135. The van der Waals surface area contributed by atoms with Crippen LogP contribution in [0, 0.1) is 0 Å². The molecule has 0 spiro atoms. The molecule has 158 valence electrons. The summed E-state index contributed by atoms with van der Waals surface area (Å²) in [6, 6.07) is 13.9. The normalized spacial score (nSPS) is 19.9. The van der Waals surface area contributed by atoms with E-state index < -0.39 is 5.60 Å². The van der Waals surface area contributed by atoms with Crippen molar-refractivity contribution in [1.29, 1.82) is 0 Å². The molecule has 1 unspecified atom stereocenters. The number of likely N-dealkylation sites (tertiary alicyclic amines) is 1. The molecule has 4 rings (SSSR count). The minimum absolute atomic E-state index is 0.0135. The number of nitrogens with zero attached hydrogens (tertiary/aromatic N) is 3. The minimum Gasteiger partial charge on any atom is -0.388 e. The Morgan fingerprint density at radius 1 is 1.20 bits per heavy atom. The van der Waals surface area contributed by atoms with Crippen LogP contribution in [0.5, 0.6) is 0 Å². The first-order valence-electron chi connectivity index (χ1n) is 10.8. The van der Waals surface area contributed by atoms with E-state index in [1.807, 2.05) is 47.4 Å². The highest BCUT2D eigenvalue weighted by atomic mass is 16.3. The van der Waals surface area contributed by atoms with Crippen LogP contribution in [0.25, 0.3) is 10.9 Å². The quantitative estimate of drug-likeness (QED) is 0.658. The number of carbonyl (C=O) groups excluding carboxylic acids is 1. The first kappa shape index (κ1) is 20.6. The zero-order valence-electron chi connectivity index (χ0n) is 17.6. The largest absolute Gasteiger partial charge is 0.388 e. The van der Waals surface area contributed by atoms with Gasteiger partial charge in [0.1, 0.15) is 5.69 Å². The van der Waals surface area contributed by atoms with E-state index in [0.717, 1.165) is 30.4 Å². The summed E-state index contributed by atoms with van der Waals surface area (Å²) in [6.07, 6.45) is 5.70. The third-order valence-electron chi connectivity index (χ3n) is 6.09. The van der Waals surface area contributed by atoms with Crippen molar-refractivity contribution in [2.45, 2.75) is 38.3 Å². The Labute approximate surface area is 177 Å². The smallest absolute Gasteiger partial charge is 0.270 e. The fourth-order valence-corrected chi connectivity index (χ4v) is 4.34. The van der Waals surface area contributed by atoms with Crippen molar-refractivity contribution in [1.82, 2.24) is 19.8 Å². The average molecular weight is 407 g/mol. The number of nitrogens with one attached hydrogen (secondary N) is 1. The number of rotatable bonds is 6. The molecular formula is C24H30N4O2. The van der Waals surface area contributed by atoms with Crippen molar-refractivity contribution >= 4 is 16.8 Å². The summed E-state index contributed by atoms with van der Waals surface area (Å²) in [7, 11) is 0. The highest BCUT2D eigenvalue weighted by molar-refractivity contribution is 5.98. The predicted molar refractivity (Wildman–Crippen MR) is 118 cm³/mol. The molecule has 1 atom stereocenters. The number of carbonyl (C=O) groups is 1. The lowest BCUT2D eigenvalue weighted by Crippen LogP contribution is -2.43. The van der Waals surface area contributed by atoms with E-state index in [9.17, 15) is 9.90 Å². The SMILES string of the molecule is CCN(Cc1ccncc1)CC1(O)CCCN(C(=O)c2cc3ccccc3[nH]2)CC1. The Morgan fingerprint density at radius 2 is 2.00 bits per heavy atom. The summed E-state index contributed by atoms with van der Waals surface area (Å²) < 4.78 is 0. The van der Waals surface area contributed by atoms with Crippen molar-refractivity contribution in [3.8, 4) is 0 Å². The molecule has 2 aromatic heterocycles. The standard InChI is InChI=1S/C24H30N4O2/c1-2-27(17-19-8-12-25-13-9-19)18-24(30)10-5-14-28(15-11-24)23(29)22-16-20-6-3-4-7-21(20)26-22/h3-4,6-9,12-13,16,26,30H,2,5,10-11,14-15,17-18H2,1H3. The van der Waals surface area contributed by atoms with E-state index >= 15 is 0 Å². The molecule has 1 amide bonds. The molecule has 6 nitrogen and oxygen atoms in total. The van der Waals surface area contributed by atoms with Gasteiger partial charge >= 0.3 is 0 Å². The van der Waals surface area contributed by atoms with Crippen molar-refractivity contribution in [2.75, 3.05) is 26.2 Å². The van der Waals surface area contributed by atoms with Gasteiger partial charge in [0.05, 0.1) is 5.60 Å². The number of aromatic amines is 1. The van der Waals surface area contributed by atoms with E-state index in [-0.39, 0.29) is 5.91 Å². The number of amides is 1. The summed E-state index contributed by atoms with van der Waals surface area (Å²) >= 11 is 0. The highest BCUT2D eigenvalue weighted by Crippen LogP contribution is 2.26.